The van der Waals surface area contributed by atoms with Crippen molar-refractivity contribution in [2.45, 2.75) is 150 Å². The van der Waals surface area contributed by atoms with Gasteiger partial charge in [-0.25, -0.2) is 54.8 Å². The quantitative estimate of drug-likeness (QED) is 0.0349. The van der Waals surface area contributed by atoms with Gasteiger partial charge in [0.1, 0.15) is 5.82 Å². The molecule has 6 aromatic carbocycles. The van der Waals surface area contributed by atoms with Gasteiger partial charge in [-0.3, -0.25) is 0 Å². The second-order valence-electron chi connectivity index (χ2n) is 30.2. The van der Waals surface area contributed by atoms with Gasteiger partial charge < -0.3 is 39.7 Å². The first-order valence-corrected chi connectivity index (χ1v) is 43.6. The number of hydrogen-bond donors (Lipinski definition) is 7. The van der Waals surface area contributed by atoms with Crippen LogP contribution in [0, 0.1) is 23.2 Å². The molecule has 19 nitrogen and oxygen atoms in total. The number of rotatable bonds is 20. The van der Waals surface area contributed by atoms with Crippen molar-refractivity contribution in [2.24, 2.45) is 23.2 Å². The van der Waals surface area contributed by atoms with E-state index in [1.165, 1.54) is 70.6 Å². The van der Waals surface area contributed by atoms with E-state index in [0.717, 1.165) is 142 Å². The van der Waals surface area contributed by atoms with Gasteiger partial charge in [-0.1, -0.05) is 311 Å². The molecular formula is C88H93Cl12N19. The van der Waals surface area contributed by atoms with E-state index in [1.807, 2.05) is 109 Å². The van der Waals surface area contributed by atoms with Gasteiger partial charge in [0.05, 0.1) is 94.4 Å². The Morgan fingerprint density at radius 1 is 0.311 bits per heavy atom. The number of aromatic nitrogens is 12. The number of nitrogens with one attached hydrogen (secondary N) is 1. The van der Waals surface area contributed by atoms with Crippen molar-refractivity contribution in [2.75, 3.05) is 46.3 Å². The zero-order valence-electron chi connectivity index (χ0n) is 66.4. The number of benzene rings is 6. The number of nitrogen functional groups attached to an aromatic ring is 6. The van der Waals surface area contributed by atoms with Crippen molar-refractivity contribution in [3.05, 3.63) is 234 Å². The molecular weight excluding hydrogens is 1750 g/mol. The summed E-state index contributed by atoms with van der Waals surface area (Å²) in [4.78, 5) is 51.2. The van der Waals surface area contributed by atoms with Gasteiger partial charge in [0, 0.05) is 74.5 Å². The fourth-order valence-electron chi connectivity index (χ4n) is 13.2. The summed E-state index contributed by atoms with van der Waals surface area (Å²) >= 11 is 73.6. The van der Waals surface area contributed by atoms with Gasteiger partial charge in [-0.15, -0.1) is 0 Å². The van der Waals surface area contributed by atoms with Gasteiger partial charge in [0.25, 0.3) is 0 Å². The van der Waals surface area contributed by atoms with Crippen LogP contribution in [0.25, 0.3) is 67.5 Å². The summed E-state index contributed by atoms with van der Waals surface area (Å²) < 4.78 is 0. The second kappa shape index (κ2) is 44.6. The Morgan fingerprint density at radius 2 is 0.580 bits per heavy atom. The maximum Gasteiger partial charge on any atom is 0.222 e. The number of nitrogens with two attached hydrogens (primary N) is 6. The first-order valence-electron chi connectivity index (χ1n) is 39.1. The molecule has 3 aliphatic carbocycles. The first kappa shape index (κ1) is 93.2. The van der Waals surface area contributed by atoms with Crippen LogP contribution in [0.5, 0.6) is 0 Å². The van der Waals surface area contributed by atoms with Crippen molar-refractivity contribution in [1.29, 1.82) is 0 Å². The standard InChI is InChI=1S/C16H17Cl2N3.C15H18Cl2N4.C15H15Cl2N3.C15H17Cl2N3.C14H13Cl2N3.C13H13Cl2N3/c17-13-7-3-6-12(15(13)18)14-9-11(20-16(19)21-14)8-10-4-1-2-5-10;1-2-3-4-8-19-13-9-12(20-15(18)21-13)10-6-5-7-11(16)14(10)17;16-12-6-2-5-11(14(12)17)13-8-10(19-15(18)20-13)7-9-3-1-4-9;1-15(2,3)8-9-7-12(20-14(18)19-9)10-5-4-6-11(16)13(10)17;15-11-3-1-2-10(13(11)16)12-7-9(6-8-4-5-8)18-14(17)19-12;1-2-4-8-7-11(18-13(16)17-8)9-5-3-6-10(14)12(9)15/h3,6-7,9-10H,1-2,4-5,8H2,(H2,19,20,21);5-7,9H,2-4,8H2,1H3,(H3,18,19,20,21);2,5-6,8-9H,1,3-4,7H2,(H2,18,19,20);4-7H,8H2,1-3H3,(H2,18,19,20);1-3,7-8H,4-6H2,(H2,17,18,19);3,5-7H,2,4H2,1H3,(H2,16,17,18). The minimum absolute atomic E-state index is 0.121. The Bertz CT molecular complexity index is 5450. The molecule has 15 rings (SSSR count). The number of nitrogens with zero attached hydrogens (tertiary/aromatic N) is 12. The van der Waals surface area contributed by atoms with Crippen LogP contribution in [0.4, 0.5) is 41.5 Å². The normalized spacial score (nSPS) is 13.1. The predicted octanol–water partition coefficient (Wildman–Crippen LogP) is 26.4. The molecule has 0 spiro atoms. The molecule has 0 atom stereocenters. The molecule has 3 saturated carbocycles. The third-order valence-corrected chi connectivity index (χ3v) is 24.2. The molecule has 6 heterocycles. The van der Waals surface area contributed by atoms with Gasteiger partial charge in [-0.05, 0) is 141 Å². The highest BCUT2D eigenvalue weighted by Gasteiger charge is 2.25. The average Bonchev–Trinajstić information content (AvgIpc) is 1.35. The summed E-state index contributed by atoms with van der Waals surface area (Å²) in [5.41, 5.74) is 48.6. The van der Waals surface area contributed by atoms with Crippen LogP contribution in [0.15, 0.2) is 146 Å². The van der Waals surface area contributed by atoms with E-state index in [9.17, 15) is 0 Å². The number of halogens is 12. The molecule has 624 valence electrons. The van der Waals surface area contributed by atoms with Crippen LogP contribution in [-0.4, -0.2) is 66.4 Å². The Morgan fingerprint density at radius 3 is 0.866 bits per heavy atom. The lowest BCUT2D eigenvalue weighted by molar-refractivity contribution is 0.312. The number of unbranched alkanes of at least 4 members (excludes halogenated alkanes) is 2. The molecule has 31 heteroatoms. The summed E-state index contributed by atoms with van der Waals surface area (Å²) in [6.07, 6.45) is 20.6. The van der Waals surface area contributed by atoms with Crippen LogP contribution in [0.3, 0.4) is 0 Å². The molecule has 0 amide bonds. The molecule has 12 aromatic rings. The third kappa shape index (κ3) is 28.0. The van der Waals surface area contributed by atoms with Crippen molar-refractivity contribution < 1.29 is 0 Å². The van der Waals surface area contributed by atoms with E-state index in [4.69, 9.17) is 174 Å². The van der Waals surface area contributed by atoms with Crippen LogP contribution < -0.4 is 39.7 Å². The van der Waals surface area contributed by atoms with Gasteiger partial charge >= 0.3 is 0 Å². The van der Waals surface area contributed by atoms with E-state index < -0.39 is 0 Å². The Balaban J connectivity index is 0.000000150. The topological polar surface area (TPSA) is 323 Å². The highest BCUT2D eigenvalue weighted by Crippen LogP contribution is 2.42. The summed E-state index contributed by atoms with van der Waals surface area (Å²) in [6, 6.07) is 44.4. The molecule has 6 aromatic heterocycles. The van der Waals surface area contributed by atoms with E-state index in [2.05, 4.69) is 99.7 Å². The minimum Gasteiger partial charge on any atom is -0.370 e. The largest absolute Gasteiger partial charge is 0.370 e. The SMILES string of the molecule is CC(C)(C)Cc1cc(-c2cccc(Cl)c2Cl)nc(N)n1.CCCCCNc1cc(-c2cccc(Cl)c2Cl)nc(N)n1.CCCc1cc(-c2cccc(Cl)c2Cl)nc(N)n1.Nc1nc(CC2CC2)cc(-c2cccc(Cl)c2Cl)n1.Nc1nc(CC2CCC2)cc(-c2cccc(Cl)c2Cl)n1.Nc1nc(CC2CCCC2)cc(-c2cccc(Cl)c2Cl)n1. The van der Waals surface area contributed by atoms with E-state index >= 15 is 0 Å². The fraction of sp³-hybridized carbons (Fsp3) is 0.318. The first-order chi connectivity index (χ1) is 56.9. The van der Waals surface area contributed by atoms with Crippen molar-refractivity contribution >= 4 is 181 Å². The van der Waals surface area contributed by atoms with Gasteiger partial charge in [-0.2, -0.15) is 4.98 Å². The molecule has 0 saturated heterocycles. The molecule has 119 heavy (non-hydrogen) atoms. The Hall–Kier alpha value is -8.12. The highest BCUT2D eigenvalue weighted by atomic mass is 35.5. The lowest BCUT2D eigenvalue weighted by atomic mass is 9.82. The zero-order valence-corrected chi connectivity index (χ0v) is 75.5. The molecule has 0 radical (unpaired) electrons. The van der Waals surface area contributed by atoms with Crippen LogP contribution in [0.2, 0.25) is 60.3 Å². The lowest BCUT2D eigenvalue weighted by Gasteiger charge is -2.24. The monoisotopic (exact) mass is 1840 g/mol. The molecule has 3 fully saturated rings. The van der Waals surface area contributed by atoms with E-state index in [1.54, 1.807) is 36.4 Å². The Kier molecular flexibility index (Phi) is 34.9. The van der Waals surface area contributed by atoms with Gasteiger partial charge in [0.2, 0.25) is 35.7 Å². The van der Waals surface area contributed by atoms with Crippen molar-refractivity contribution in [1.82, 2.24) is 59.8 Å². The minimum atomic E-state index is 0.121. The lowest BCUT2D eigenvalue weighted by Crippen LogP contribution is -2.15. The molecule has 0 bridgehead atoms. The summed E-state index contributed by atoms with van der Waals surface area (Å²) in [5.74, 6) is 4.45. The van der Waals surface area contributed by atoms with E-state index in [0.29, 0.717) is 89.1 Å². The molecule has 3 aliphatic rings. The fourth-order valence-corrected chi connectivity index (χ4v) is 15.6. The maximum absolute atomic E-state index is 6.27. The van der Waals surface area contributed by atoms with Gasteiger partial charge in [0.15, 0.2) is 0 Å². The average molecular weight is 1840 g/mol. The summed E-state index contributed by atoms with van der Waals surface area (Å²) in [6.45, 7) is 11.6. The summed E-state index contributed by atoms with van der Waals surface area (Å²) in [5, 5.41) is 9.23. The third-order valence-electron chi connectivity index (χ3n) is 19.3. The number of hydrogen-bond acceptors (Lipinski definition) is 19. The molecule has 13 N–H and O–H groups in total. The summed E-state index contributed by atoms with van der Waals surface area (Å²) in [7, 11) is 0. The Labute approximate surface area is 755 Å². The number of anilines is 7. The highest BCUT2D eigenvalue weighted by molar-refractivity contribution is 6.46. The van der Waals surface area contributed by atoms with E-state index in [-0.39, 0.29) is 41.1 Å². The zero-order chi connectivity index (χ0) is 85.6. The van der Waals surface area contributed by atoms with Crippen molar-refractivity contribution in [3.8, 4) is 67.5 Å². The second-order valence-corrected chi connectivity index (χ2v) is 35.0. The van der Waals surface area contributed by atoms with Crippen LogP contribution in [0.1, 0.15) is 147 Å². The number of aryl methyl sites for hydroxylation is 1. The van der Waals surface area contributed by atoms with Crippen molar-refractivity contribution in [3.63, 3.8) is 0 Å². The maximum atomic E-state index is 6.27. The van der Waals surface area contributed by atoms with Crippen LogP contribution in [-0.2, 0) is 32.1 Å². The molecule has 0 aliphatic heterocycles. The smallest absolute Gasteiger partial charge is 0.222 e. The predicted molar refractivity (Wildman–Crippen MR) is 500 cm³/mol. The van der Waals surface area contributed by atoms with Crippen LogP contribution >= 0.6 is 139 Å². The molecule has 0 unspecified atom stereocenters.